The molecule has 0 saturated carbocycles. The van der Waals surface area contributed by atoms with E-state index in [4.69, 9.17) is 13.9 Å². The van der Waals surface area contributed by atoms with Gasteiger partial charge in [-0.05, 0) is 36.8 Å². The lowest BCUT2D eigenvalue weighted by molar-refractivity contribution is -0.138. The molecule has 1 aromatic carbocycles. The number of furan rings is 1. The molecule has 2 aromatic heterocycles. The van der Waals surface area contributed by atoms with E-state index in [0.29, 0.717) is 32.1 Å². The largest absolute Gasteiger partial charge is 0.465 e. The molecule has 33 heavy (non-hydrogen) atoms. The Morgan fingerprint density at radius 3 is 2.67 bits per heavy atom. The van der Waals surface area contributed by atoms with Gasteiger partial charge < -0.3 is 13.9 Å². The highest BCUT2D eigenvalue weighted by molar-refractivity contribution is 7.07. The zero-order valence-corrected chi connectivity index (χ0v) is 18.8. The summed E-state index contributed by atoms with van der Waals surface area (Å²) in [5, 5.41) is 0. The van der Waals surface area contributed by atoms with E-state index in [0.717, 1.165) is 0 Å². The van der Waals surface area contributed by atoms with Crippen LogP contribution in [0, 0.1) is 0 Å². The van der Waals surface area contributed by atoms with Crippen molar-refractivity contribution in [3.8, 4) is 5.75 Å². The van der Waals surface area contributed by atoms with E-state index in [-0.39, 0.29) is 17.7 Å². The normalized spacial score (nSPS) is 15.6. The predicted molar refractivity (Wildman–Crippen MR) is 121 cm³/mol. The number of rotatable bonds is 6. The SMILES string of the molecule is C=CCOC(=O)C1=C(C)N=c2s/c(=C/c3ccco3)c(=O)n2C1c1ccc(OC(C)=O)cc1. The average molecular weight is 464 g/mol. The molecule has 1 aliphatic heterocycles. The second kappa shape index (κ2) is 9.25. The number of nitrogens with zero attached hydrogens (tertiary/aromatic N) is 2. The lowest BCUT2D eigenvalue weighted by Gasteiger charge is -2.24. The van der Waals surface area contributed by atoms with Gasteiger partial charge in [0, 0.05) is 13.0 Å². The fraction of sp³-hybridized carbons (Fsp3) is 0.167. The van der Waals surface area contributed by atoms with Gasteiger partial charge in [0.15, 0.2) is 4.80 Å². The second-order valence-electron chi connectivity index (χ2n) is 7.15. The Labute approximate surface area is 192 Å². The van der Waals surface area contributed by atoms with E-state index < -0.39 is 18.0 Å². The molecule has 0 amide bonds. The van der Waals surface area contributed by atoms with E-state index in [9.17, 15) is 14.4 Å². The highest BCUT2D eigenvalue weighted by Gasteiger charge is 2.33. The maximum absolute atomic E-state index is 13.4. The van der Waals surface area contributed by atoms with Crippen LogP contribution in [0.5, 0.6) is 5.75 Å². The minimum atomic E-state index is -0.774. The first-order valence-electron chi connectivity index (χ1n) is 10.0. The number of ether oxygens (including phenoxy) is 2. The third-order valence-electron chi connectivity index (χ3n) is 4.85. The molecule has 1 unspecified atom stereocenters. The molecule has 1 atom stereocenters. The smallest absolute Gasteiger partial charge is 0.338 e. The van der Waals surface area contributed by atoms with Crippen molar-refractivity contribution in [2.45, 2.75) is 19.9 Å². The summed E-state index contributed by atoms with van der Waals surface area (Å²) in [4.78, 5) is 42.6. The molecule has 0 spiro atoms. The Morgan fingerprint density at radius 1 is 1.27 bits per heavy atom. The molecule has 0 radical (unpaired) electrons. The zero-order valence-electron chi connectivity index (χ0n) is 17.9. The molecule has 4 rings (SSSR count). The summed E-state index contributed by atoms with van der Waals surface area (Å²) in [6, 6.07) is 9.32. The summed E-state index contributed by atoms with van der Waals surface area (Å²) in [6.45, 7) is 6.61. The zero-order chi connectivity index (χ0) is 23.5. The number of allylic oxidation sites excluding steroid dienone is 1. The van der Waals surface area contributed by atoms with Crippen molar-refractivity contribution >= 4 is 29.4 Å². The van der Waals surface area contributed by atoms with Crippen LogP contribution in [0.1, 0.15) is 31.2 Å². The number of benzene rings is 1. The molecule has 0 N–H and O–H groups in total. The molecule has 1 aliphatic rings. The second-order valence-corrected chi connectivity index (χ2v) is 8.16. The van der Waals surface area contributed by atoms with E-state index in [1.54, 1.807) is 49.4 Å². The van der Waals surface area contributed by atoms with Crippen LogP contribution >= 0.6 is 11.3 Å². The molecule has 168 valence electrons. The number of hydrogen-bond acceptors (Lipinski definition) is 8. The van der Waals surface area contributed by atoms with E-state index >= 15 is 0 Å². The van der Waals surface area contributed by atoms with Gasteiger partial charge in [0.05, 0.1) is 28.1 Å². The first kappa shape index (κ1) is 22.2. The molecule has 3 heterocycles. The maximum Gasteiger partial charge on any atom is 0.338 e. The molecule has 0 bridgehead atoms. The van der Waals surface area contributed by atoms with Crippen molar-refractivity contribution < 1.29 is 23.5 Å². The van der Waals surface area contributed by atoms with Gasteiger partial charge in [-0.2, -0.15) is 0 Å². The Bertz CT molecular complexity index is 1430. The summed E-state index contributed by atoms with van der Waals surface area (Å²) in [6.07, 6.45) is 4.63. The van der Waals surface area contributed by atoms with Crippen molar-refractivity contribution in [1.82, 2.24) is 4.57 Å². The summed E-state index contributed by atoms with van der Waals surface area (Å²) >= 11 is 1.20. The lowest BCUT2D eigenvalue weighted by Crippen LogP contribution is -2.39. The van der Waals surface area contributed by atoms with Crippen LogP contribution in [0.3, 0.4) is 0 Å². The molecule has 8 nitrogen and oxygen atoms in total. The standard InChI is InChI=1S/C24H20N2O6S/c1-4-11-31-23(29)20-14(2)25-24-26(22(28)19(33-24)13-18-6-5-12-30-18)21(20)16-7-9-17(10-8-16)32-15(3)27/h4-10,12-13,21H,1,11H2,2-3H3/b19-13+. The molecule has 0 aliphatic carbocycles. The van der Waals surface area contributed by atoms with E-state index in [1.807, 2.05) is 0 Å². The number of hydrogen-bond donors (Lipinski definition) is 0. The third kappa shape index (κ3) is 4.49. The quantitative estimate of drug-likeness (QED) is 0.316. The van der Waals surface area contributed by atoms with Gasteiger partial charge in [0.1, 0.15) is 18.1 Å². The highest BCUT2D eigenvalue weighted by atomic mass is 32.1. The third-order valence-corrected chi connectivity index (χ3v) is 5.83. The first-order chi connectivity index (χ1) is 15.9. The van der Waals surface area contributed by atoms with Crippen molar-refractivity contribution in [3.05, 3.63) is 97.6 Å². The Morgan fingerprint density at radius 2 is 2.03 bits per heavy atom. The van der Waals surface area contributed by atoms with Crippen LogP contribution in [-0.2, 0) is 14.3 Å². The number of carbonyl (C=O) groups is 2. The maximum atomic E-state index is 13.4. The van der Waals surface area contributed by atoms with Gasteiger partial charge in [-0.15, -0.1) is 0 Å². The predicted octanol–water partition coefficient (Wildman–Crippen LogP) is 2.48. The van der Waals surface area contributed by atoms with Gasteiger partial charge in [-0.1, -0.05) is 36.1 Å². The van der Waals surface area contributed by atoms with Gasteiger partial charge in [-0.25, -0.2) is 9.79 Å². The molecule has 0 saturated heterocycles. The van der Waals surface area contributed by atoms with Gasteiger partial charge in [0.2, 0.25) is 0 Å². The van der Waals surface area contributed by atoms with Crippen LogP contribution in [0.25, 0.3) is 6.08 Å². The Kier molecular flexibility index (Phi) is 6.23. The van der Waals surface area contributed by atoms with E-state index in [2.05, 4.69) is 11.6 Å². The first-order valence-corrected chi connectivity index (χ1v) is 10.8. The molecule has 3 aromatic rings. The van der Waals surface area contributed by atoms with E-state index in [1.165, 1.54) is 35.2 Å². The lowest BCUT2D eigenvalue weighted by atomic mass is 9.96. The van der Waals surface area contributed by atoms with Gasteiger partial charge >= 0.3 is 11.9 Å². The van der Waals surface area contributed by atoms with Gasteiger partial charge in [0.25, 0.3) is 5.56 Å². The molecule has 9 heteroatoms. The van der Waals surface area contributed by atoms with Crippen molar-refractivity contribution in [3.63, 3.8) is 0 Å². The Balaban J connectivity index is 1.89. The summed E-state index contributed by atoms with van der Waals surface area (Å²) in [7, 11) is 0. The minimum Gasteiger partial charge on any atom is -0.465 e. The topological polar surface area (TPSA) is 100 Å². The van der Waals surface area contributed by atoms with Gasteiger partial charge in [-0.3, -0.25) is 14.2 Å². The average Bonchev–Trinajstić information content (AvgIpc) is 3.39. The van der Waals surface area contributed by atoms with Crippen LogP contribution in [0.2, 0.25) is 0 Å². The van der Waals surface area contributed by atoms with Crippen LogP contribution in [-0.4, -0.2) is 23.1 Å². The molecular formula is C24H20N2O6S. The summed E-state index contributed by atoms with van der Waals surface area (Å²) in [5.41, 5.74) is 1.01. The monoisotopic (exact) mass is 464 g/mol. The number of thiazole rings is 1. The van der Waals surface area contributed by atoms with Crippen molar-refractivity contribution in [2.24, 2.45) is 4.99 Å². The number of carbonyl (C=O) groups excluding carboxylic acids is 2. The minimum absolute atomic E-state index is 0.0244. The molecular weight excluding hydrogens is 444 g/mol. The molecule has 0 fully saturated rings. The fourth-order valence-corrected chi connectivity index (χ4v) is 4.52. The summed E-state index contributed by atoms with van der Waals surface area (Å²) < 4.78 is 17.6. The highest BCUT2D eigenvalue weighted by Crippen LogP contribution is 2.31. The van der Waals surface area contributed by atoms with Crippen LogP contribution in [0.4, 0.5) is 0 Å². The Hall–Kier alpha value is -3.98. The van der Waals surface area contributed by atoms with Crippen molar-refractivity contribution in [2.75, 3.05) is 6.61 Å². The number of fused-ring (bicyclic) bond motifs is 1. The van der Waals surface area contributed by atoms with Crippen molar-refractivity contribution in [1.29, 1.82) is 0 Å². The van der Waals surface area contributed by atoms with Crippen LogP contribution < -0.4 is 19.6 Å². The van der Waals surface area contributed by atoms with Crippen LogP contribution in [0.15, 0.2) is 80.8 Å². The summed E-state index contributed by atoms with van der Waals surface area (Å²) in [5.74, 6) is -0.152. The number of esters is 2. The fourth-order valence-electron chi connectivity index (χ4n) is 3.50. The number of aromatic nitrogens is 1.